The molecule has 0 saturated carbocycles. The third-order valence-corrected chi connectivity index (χ3v) is 7.27. The van der Waals surface area contributed by atoms with Gasteiger partial charge < -0.3 is 5.32 Å². The van der Waals surface area contributed by atoms with Crippen molar-refractivity contribution in [3.05, 3.63) is 89.5 Å². The van der Waals surface area contributed by atoms with Crippen molar-refractivity contribution in [2.45, 2.75) is 37.2 Å². The van der Waals surface area contributed by atoms with Gasteiger partial charge in [-0.1, -0.05) is 48.5 Å². The highest BCUT2D eigenvalue weighted by Crippen LogP contribution is 2.37. The largest absolute Gasteiger partial charge is 0.348 e. The third-order valence-electron chi connectivity index (χ3n) is 5.35. The Morgan fingerprint density at radius 1 is 1.10 bits per heavy atom. The zero-order valence-corrected chi connectivity index (χ0v) is 18.0. The van der Waals surface area contributed by atoms with E-state index in [1.807, 2.05) is 30.3 Å². The van der Waals surface area contributed by atoms with Crippen LogP contribution in [0.5, 0.6) is 0 Å². The molecule has 1 aliphatic rings. The number of benzene rings is 2. The zero-order valence-electron chi connectivity index (χ0n) is 17.2. The predicted octanol–water partition coefficient (Wildman–Crippen LogP) is 3.24. The Morgan fingerprint density at radius 2 is 1.77 bits per heavy atom. The van der Waals surface area contributed by atoms with E-state index in [2.05, 4.69) is 15.3 Å². The van der Waals surface area contributed by atoms with E-state index in [1.54, 1.807) is 37.3 Å². The average Bonchev–Trinajstić information content (AvgIpc) is 3.29. The molecule has 1 N–H and O–H groups in total. The van der Waals surface area contributed by atoms with Crippen LogP contribution in [0.4, 0.5) is 0 Å². The van der Waals surface area contributed by atoms with E-state index < -0.39 is 16.1 Å². The fraction of sp³-hybridized carbons (Fsp3) is 0.261. The molecule has 1 amide bonds. The second kappa shape index (κ2) is 8.95. The number of hydrogen-bond donors (Lipinski definition) is 1. The molecule has 0 radical (unpaired) electrons. The maximum absolute atomic E-state index is 13.3. The third kappa shape index (κ3) is 4.50. The average molecular weight is 437 g/mol. The molecule has 31 heavy (non-hydrogen) atoms. The van der Waals surface area contributed by atoms with Crippen molar-refractivity contribution in [2.24, 2.45) is 0 Å². The summed E-state index contributed by atoms with van der Waals surface area (Å²) >= 11 is 0. The Labute approximate surface area is 182 Å². The van der Waals surface area contributed by atoms with Gasteiger partial charge in [0.2, 0.25) is 10.0 Å². The summed E-state index contributed by atoms with van der Waals surface area (Å²) in [6, 6.07) is 17.4. The van der Waals surface area contributed by atoms with Crippen molar-refractivity contribution < 1.29 is 13.2 Å². The SMILES string of the molecule is Cc1ncc(C(=O)NCc2ccccc2)c(C2CCCN2S(=O)(=O)c2ccccc2)n1. The smallest absolute Gasteiger partial charge is 0.255 e. The monoisotopic (exact) mass is 436 g/mol. The van der Waals surface area contributed by atoms with Gasteiger partial charge in [0.1, 0.15) is 5.82 Å². The van der Waals surface area contributed by atoms with Crippen LogP contribution in [0.2, 0.25) is 0 Å². The lowest BCUT2D eigenvalue weighted by atomic mass is 10.1. The van der Waals surface area contributed by atoms with E-state index in [9.17, 15) is 13.2 Å². The first-order chi connectivity index (χ1) is 15.0. The molecule has 1 unspecified atom stereocenters. The van der Waals surface area contributed by atoms with E-state index in [4.69, 9.17) is 0 Å². The summed E-state index contributed by atoms with van der Waals surface area (Å²) in [6.07, 6.45) is 2.79. The van der Waals surface area contributed by atoms with E-state index in [0.717, 1.165) is 5.56 Å². The molecule has 1 atom stereocenters. The fourth-order valence-corrected chi connectivity index (χ4v) is 5.50. The van der Waals surface area contributed by atoms with Crippen LogP contribution in [0.3, 0.4) is 0 Å². The number of nitrogens with zero attached hydrogens (tertiary/aromatic N) is 3. The number of aromatic nitrogens is 2. The topological polar surface area (TPSA) is 92.3 Å². The number of amides is 1. The van der Waals surface area contributed by atoms with Crippen molar-refractivity contribution in [1.29, 1.82) is 0 Å². The number of carbonyl (C=O) groups excluding carboxylic acids is 1. The minimum atomic E-state index is -3.71. The number of hydrogen-bond acceptors (Lipinski definition) is 5. The van der Waals surface area contributed by atoms with Crippen molar-refractivity contribution in [3.63, 3.8) is 0 Å². The molecular weight excluding hydrogens is 412 g/mol. The Hall–Kier alpha value is -3.10. The molecule has 0 aliphatic carbocycles. The predicted molar refractivity (Wildman–Crippen MR) is 117 cm³/mol. The van der Waals surface area contributed by atoms with Gasteiger partial charge >= 0.3 is 0 Å². The summed E-state index contributed by atoms with van der Waals surface area (Å²) in [7, 11) is -3.71. The number of carbonyl (C=O) groups is 1. The van der Waals surface area contributed by atoms with Crippen LogP contribution >= 0.6 is 0 Å². The molecule has 160 valence electrons. The van der Waals surface area contributed by atoms with Gasteiger partial charge in [-0.2, -0.15) is 4.31 Å². The summed E-state index contributed by atoms with van der Waals surface area (Å²) < 4.78 is 28.0. The second-order valence-corrected chi connectivity index (χ2v) is 9.36. The molecule has 7 nitrogen and oxygen atoms in total. The van der Waals surface area contributed by atoms with Gasteiger partial charge in [-0.15, -0.1) is 0 Å². The lowest BCUT2D eigenvalue weighted by molar-refractivity contribution is 0.0947. The number of nitrogens with one attached hydrogen (secondary N) is 1. The van der Waals surface area contributed by atoms with Crippen LogP contribution in [-0.2, 0) is 16.6 Å². The summed E-state index contributed by atoms with van der Waals surface area (Å²) in [5.41, 5.74) is 1.73. The van der Waals surface area contributed by atoms with Crippen LogP contribution in [-0.4, -0.2) is 35.1 Å². The molecule has 2 heterocycles. The van der Waals surface area contributed by atoms with Gasteiger partial charge in [0.15, 0.2) is 0 Å². The summed E-state index contributed by atoms with van der Waals surface area (Å²) in [6.45, 7) is 2.49. The Kier molecular flexibility index (Phi) is 6.11. The molecule has 4 rings (SSSR count). The van der Waals surface area contributed by atoms with Gasteiger partial charge in [-0.3, -0.25) is 4.79 Å². The molecule has 1 saturated heterocycles. The van der Waals surface area contributed by atoms with Gasteiger partial charge in [0.05, 0.1) is 22.2 Å². The molecule has 0 bridgehead atoms. The van der Waals surface area contributed by atoms with Crippen LogP contribution < -0.4 is 5.32 Å². The Morgan fingerprint density at radius 3 is 2.48 bits per heavy atom. The molecule has 0 spiro atoms. The first-order valence-electron chi connectivity index (χ1n) is 10.2. The van der Waals surface area contributed by atoms with E-state index in [1.165, 1.54) is 10.5 Å². The van der Waals surface area contributed by atoms with Crippen molar-refractivity contribution in [3.8, 4) is 0 Å². The standard InChI is InChI=1S/C23H24N4O3S/c1-17-24-16-20(23(28)25-15-18-9-4-2-5-10-18)22(26-17)21-13-8-14-27(21)31(29,30)19-11-6-3-7-12-19/h2-7,9-12,16,21H,8,13-15H2,1H3,(H,25,28). The van der Waals surface area contributed by atoms with Crippen LogP contribution in [0, 0.1) is 6.92 Å². The molecule has 1 aromatic heterocycles. The Balaban J connectivity index is 1.64. The van der Waals surface area contributed by atoms with Crippen LogP contribution in [0.15, 0.2) is 71.8 Å². The van der Waals surface area contributed by atoms with Gasteiger partial charge in [-0.25, -0.2) is 18.4 Å². The van der Waals surface area contributed by atoms with Crippen LogP contribution in [0.1, 0.15) is 46.3 Å². The molecule has 1 aliphatic heterocycles. The lowest BCUT2D eigenvalue weighted by Gasteiger charge is -2.25. The first kappa shape index (κ1) is 21.1. The highest BCUT2D eigenvalue weighted by Gasteiger charge is 2.38. The van der Waals surface area contributed by atoms with E-state index in [0.29, 0.717) is 43.0 Å². The summed E-state index contributed by atoms with van der Waals surface area (Å²) in [5, 5.41) is 2.90. The number of sulfonamides is 1. The molecule has 2 aromatic carbocycles. The minimum Gasteiger partial charge on any atom is -0.348 e. The summed E-state index contributed by atoms with van der Waals surface area (Å²) in [5.74, 6) is 0.182. The highest BCUT2D eigenvalue weighted by molar-refractivity contribution is 7.89. The normalized spacial score (nSPS) is 16.9. The zero-order chi connectivity index (χ0) is 21.8. The van der Waals surface area contributed by atoms with E-state index >= 15 is 0 Å². The summed E-state index contributed by atoms with van der Waals surface area (Å²) in [4.78, 5) is 21.9. The molecular formula is C23H24N4O3S. The number of rotatable bonds is 6. The highest BCUT2D eigenvalue weighted by atomic mass is 32.2. The Bertz CT molecular complexity index is 1170. The lowest BCUT2D eigenvalue weighted by Crippen LogP contribution is -2.33. The van der Waals surface area contributed by atoms with E-state index in [-0.39, 0.29) is 10.8 Å². The van der Waals surface area contributed by atoms with Gasteiger partial charge in [0, 0.05) is 19.3 Å². The molecule has 3 aromatic rings. The van der Waals surface area contributed by atoms with Crippen molar-refractivity contribution in [1.82, 2.24) is 19.6 Å². The quantitative estimate of drug-likeness (QED) is 0.640. The van der Waals surface area contributed by atoms with Gasteiger partial charge in [-0.05, 0) is 37.5 Å². The maximum Gasteiger partial charge on any atom is 0.255 e. The van der Waals surface area contributed by atoms with Crippen molar-refractivity contribution in [2.75, 3.05) is 6.54 Å². The minimum absolute atomic E-state index is 0.239. The van der Waals surface area contributed by atoms with Gasteiger partial charge in [0.25, 0.3) is 5.91 Å². The maximum atomic E-state index is 13.3. The van der Waals surface area contributed by atoms with Crippen molar-refractivity contribution >= 4 is 15.9 Å². The fourth-order valence-electron chi connectivity index (χ4n) is 3.82. The van der Waals surface area contributed by atoms with Crippen LogP contribution in [0.25, 0.3) is 0 Å². The second-order valence-electron chi connectivity index (χ2n) is 7.47. The first-order valence-corrected chi connectivity index (χ1v) is 11.6. The molecule has 8 heteroatoms. The number of aryl methyl sites for hydroxylation is 1. The molecule has 1 fully saturated rings.